The zero-order valence-corrected chi connectivity index (χ0v) is 26.0. The number of carbonyl (C=O) groups excluding carboxylic acids is 2. The van der Waals surface area contributed by atoms with Gasteiger partial charge >= 0.3 is 6.09 Å². The molecular weight excluding hydrogens is 576 g/mol. The monoisotopic (exact) mass is 616 g/mol. The Morgan fingerprint density at radius 1 is 0.848 bits per heavy atom. The Balaban J connectivity index is 1.26. The van der Waals surface area contributed by atoms with Crippen LogP contribution in [-0.2, 0) is 27.1 Å². The van der Waals surface area contributed by atoms with E-state index >= 15 is 0 Å². The number of ether oxygens (including phenoxy) is 2. The molecule has 3 atom stereocenters. The van der Waals surface area contributed by atoms with Gasteiger partial charge in [-0.1, -0.05) is 91.0 Å². The molecule has 46 heavy (non-hydrogen) atoms. The van der Waals surface area contributed by atoms with Gasteiger partial charge in [0, 0.05) is 24.7 Å². The largest absolute Gasteiger partial charge is 0.453 e. The number of hydrogen-bond donors (Lipinski definition) is 3. The molecule has 1 aliphatic heterocycles. The highest BCUT2D eigenvalue weighted by Gasteiger charge is 2.33. The van der Waals surface area contributed by atoms with Gasteiger partial charge < -0.3 is 25.4 Å². The summed E-state index contributed by atoms with van der Waals surface area (Å²) in [5, 5.41) is 18.5. The zero-order valence-electron chi connectivity index (χ0n) is 26.0. The molecule has 0 spiro atoms. The predicted molar refractivity (Wildman–Crippen MR) is 178 cm³/mol. The van der Waals surface area contributed by atoms with Crippen LogP contribution in [0.4, 0.5) is 10.5 Å². The lowest BCUT2D eigenvalue weighted by atomic mass is 9.84. The Morgan fingerprint density at radius 3 is 2.04 bits per heavy atom. The van der Waals surface area contributed by atoms with Gasteiger partial charge in [0.2, 0.25) is 5.91 Å². The summed E-state index contributed by atoms with van der Waals surface area (Å²) in [7, 11) is 1.29. The molecule has 8 heteroatoms. The minimum absolute atomic E-state index is 0.0396. The lowest BCUT2D eigenvalue weighted by Crippen LogP contribution is -2.48. The molecule has 3 N–H and O–H groups in total. The Labute approximate surface area is 270 Å². The van der Waals surface area contributed by atoms with Gasteiger partial charge in [0.1, 0.15) is 6.04 Å². The summed E-state index contributed by atoms with van der Waals surface area (Å²) < 4.78 is 11.4. The van der Waals surface area contributed by atoms with Crippen LogP contribution in [0.15, 0.2) is 109 Å². The fraction of sp³-hybridized carbons (Fsp3) is 0.289. The SMILES string of the molecule is COC(=O)NC(C(=O)Nc1ccccc1CC[C@@H]1CNC[C@@H](CCc2ccc(C#N)cc2)O1)C(c1ccccc1)c1ccccc1. The van der Waals surface area contributed by atoms with E-state index in [1.165, 1.54) is 12.7 Å². The smallest absolute Gasteiger partial charge is 0.407 e. The van der Waals surface area contributed by atoms with Crippen LogP contribution in [-0.4, -0.2) is 50.4 Å². The van der Waals surface area contributed by atoms with Gasteiger partial charge in [0.25, 0.3) is 0 Å². The highest BCUT2D eigenvalue weighted by Crippen LogP contribution is 2.30. The van der Waals surface area contributed by atoms with E-state index in [0.717, 1.165) is 49.0 Å². The first-order valence-electron chi connectivity index (χ1n) is 15.7. The third-order valence-corrected chi connectivity index (χ3v) is 8.37. The van der Waals surface area contributed by atoms with Crippen LogP contribution >= 0.6 is 0 Å². The number of nitriles is 1. The molecule has 4 aromatic carbocycles. The molecule has 5 rings (SSSR count). The van der Waals surface area contributed by atoms with Gasteiger partial charge in [-0.05, 0) is 66.1 Å². The number of methoxy groups -OCH3 is 1. The number of morpholine rings is 1. The van der Waals surface area contributed by atoms with Gasteiger partial charge in [0.05, 0.1) is 31.0 Å². The zero-order chi connectivity index (χ0) is 32.1. The van der Waals surface area contributed by atoms with Gasteiger partial charge in [0.15, 0.2) is 0 Å². The minimum Gasteiger partial charge on any atom is -0.453 e. The average Bonchev–Trinajstić information content (AvgIpc) is 3.11. The molecule has 0 aromatic heterocycles. The van der Waals surface area contributed by atoms with E-state index < -0.39 is 18.1 Å². The van der Waals surface area contributed by atoms with Crippen molar-refractivity contribution in [1.29, 1.82) is 5.26 Å². The number of aryl methyl sites for hydroxylation is 2. The fourth-order valence-corrected chi connectivity index (χ4v) is 5.96. The maximum Gasteiger partial charge on any atom is 0.407 e. The van der Waals surface area contributed by atoms with Crippen LogP contribution in [0.2, 0.25) is 0 Å². The van der Waals surface area contributed by atoms with Crippen molar-refractivity contribution in [3.05, 3.63) is 137 Å². The van der Waals surface area contributed by atoms with Crippen LogP contribution in [0.1, 0.15) is 46.6 Å². The highest BCUT2D eigenvalue weighted by molar-refractivity contribution is 5.98. The van der Waals surface area contributed by atoms with E-state index in [1.807, 2.05) is 109 Å². The molecule has 1 saturated heterocycles. The van der Waals surface area contributed by atoms with Gasteiger partial charge in [-0.3, -0.25) is 4.79 Å². The first kappa shape index (κ1) is 32.4. The first-order valence-corrected chi connectivity index (χ1v) is 15.7. The highest BCUT2D eigenvalue weighted by atomic mass is 16.5. The van der Waals surface area contributed by atoms with Crippen molar-refractivity contribution in [2.75, 3.05) is 25.5 Å². The summed E-state index contributed by atoms with van der Waals surface area (Å²) >= 11 is 0. The van der Waals surface area contributed by atoms with Crippen molar-refractivity contribution < 1.29 is 19.1 Å². The summed E-state index contributed by atoms with van der Waals surface area (Å²) in [4.78, 5) is 26.6. The number of carbonyl (C=O) groups is 2. The molecule has 0 bridgehead atoms. The Bertz CT molecular complexity index is 1570. The molecule has 1 unspecified atom stereocenters. The number of anilines is 1. The molecule has 4 aromatic rings. The van der Waals surface area contributed by atoms with E-state index in [1.54, 1.807) is 0 Å². The van der Waals surface area contributed by atoms with Crippen molar-refractivity contribution >= 4 is 17.7 Å². The van der Waals surface area contributed by atoms with Crippen LogP contribution in [0.25, 0.3) is 0 Å². The summed E-state index contributed by atoms with van der Waals surface area (Å²) in [5.41, 5.74) is 5.34. The quantitative estimate of drug-likeness (QED) is 0.181. The fourth-order valence-electron chi connectivity index (χ4n) is 5.96. The van der Waals surface area contributed by atoms with Crippen LogP contribution in [0.3, 0.4) is 0 Å². The van der Waals surface area contributed by atoms with Gasteiger partial charge in [-0.25, -0.2) is 4.79 Å². The second-order valence-electron chi connectivity index (χ2n) is 11.5. The van der Waals surface area contributed by atoms with Crippen LogP contribution in [0.5, 0.6) is 0 Å². The number of nitrogens with one attached hydrogen (secondary N) is 3. The number of amides is 2. The maximum atomic E-state index is 14.0. The van der Waals surface area contributed by atoms with E-state index in [4.69, 9.17) is 14.7 Å². The van der Waals surface area contributed by atoms with Gasteiger partial charge in [-0.2, -0.15) is 5.26 Å². The Hall–Kier alpha value is -4.97. The lowest BCUT2D eigenvalue weighted by molar-refractivity contribution is -0.118. The molecule has 1 fully saturated rings. The third kappa shape index (κ3) is 8.81. The Morgan fingerprint density at radius 2 is 1.43 bits per heavy atom. The van der Waals surface area contributed by atoms with Crippen LogP contribution in [0, 0.1) is 11.3 Å². The molecule has 0 saturated carbocycles. The Kier molecular flexibility index (Phi) is 11.5. The van der Waals surface area contributed by atoms with E-state index in [-0.39, 0.29) is 18.1 Å². The maximum absolute atomic E-state index is 14.0. The topological polar surface area (TPSA) is 112 Å². The molecule has 8 nitrogen and oxygen atoms in total. The summed E-state index contributed by atoms with van der Waals surface area (Å²) in [6.45, 7) is 1.57. The molecular formula is C38H40N4O4. The first-order chi connectivity index (χ1) is 22.5. The molecule has 0 aliphatic carbocycles. The molecule has 236 valence electrons. The van der Waals surface area contributed by atoms with Crippen molar-refractivity contribution in [3.8, 4) is 6.07 Å². The number of hydrogen-bond acceptors (Lipinski definition) is 6. The average molecular weight is 617 g/mol. The molecule has 2 amide bonds. The number of rotatable bonds is 12. The molecule has 0 radical (unpaired) electrons. The second-order valence-corrected chi connectivity index (χ2v) is 11.5. The molecule has 1 aliphatic rings. The van der Waals surface area contributed by atoms with Gasteiger partial charge in [-0.15, -0.1) is 0 Å². The number of para-hydroxylation sites is 1. The number of alkyl carbamates (subject to hydrolysis) is 1. The number of nitrogens with zero attached hydrogens (tertiary/aromatic N) is 1. The normalized spacial score (nSPS) is 16.6. The second kappa shape index (κ2) is 16.4. The van der Waals surface area contributed by atoms with E-state index in [2.05, 4.69) is 22.0 Å². The van der Waals surface area contributed by atoms with Crippen molar-refractivity contribution in [3.63, 3.8) is 0 Å². The molecule has 1 heterocycles. The third-order valence-electron chi connectivity index (χ3n) is 8.37. The standard InChI is InChI=1S/C38H40N4O4/c1-45-38(44)42-36(35(30-11-4-2-5-12-30)31-13-6-3-7-14-31)37(43)41-34-15-9-8-10-29(34)21-23-33-26-40-25-32(46-33)22-20-27-16-18-28(24-39)19-17-27/h2-19,32-33,35-36,40H,20-23,25-26H2,1H3,(H,41,43)(H,42,44)/t32-,33-,36?/m1/s1. The summed E-state index contributed by atoms with van der Waals surface area (Å²) in [6, 6.07) is 36.1. The van der Waals surface area contributed by atoms with Crippen molar-refractivity contribution in [1.82, 2.24) is 10.6 Å². The lowest BCUT2D eigenvalue weighted by Gasteiger charge is -2.31. The summed E-state index contributed by atoms with van der Waals surface area (Å²) in [6.07, 6.45) is 2.73. The van der Waals surface area contributed by atoms with Crippen molar-refractivity contribution in [2.45, 2.75) is 49.9 Å². The number of benzene rings is 4. The van der Waals surface area contributed by atoms with Crippen molar-refractivity contribution in [2.24, 2.45) is 0 Å². The van der Waals surface area contributed by atoms with E-state index in [9.17, 15) is 9.59 Å². The summed E-state index contributed by atoms with van der Waals surface area (Å²) in [5.74, 6) is -0.786. The van der Waals surface area contributed by atoms with Crippen LogP contribution < -0.4 is 16.0 Å². The minimum atomic E-state index is -0.937. The predicted octanol–water partition coefficient (Wildman–Crippen LogP) is 5.98. The van der Waals surface area contributed by atoms with E-state index in [0.29, 0.717) is 17.7 Å².